The summed E-state index contributed by atoms with van der Waals surface area (Å²) in [5, 5.41) is 0. The number of benzene rings is 2. The summed E-state index contributed by atoms with van der Waals surface area (Å²) in [5.74, 6) is 1.59. The Morgan fingerprint density at radius 2 is 1.72 bits per heavy atom. The van der Waals surface area contributed by atoms with Gasteiger partial charge in [0, 0.05) is 19.0 Å². The third-order valence-corrected chi connectivity index (χ3v) is 6.76. The first kappa shape index (κ1) is 23.9. The predicted molar refractivity (Wildman–Crippen MR) is 122 cm³/mol. The monoisotopic (exact) mass is 462 g/mol. The van der Waals surface area contributed by atoms with Crippen molar-refractivity contribution in [2.24, 2.45) is 0 Å². The third-order valence-electron chi connectivity index (χ3n) is 5.22. The minimum absolute atomic E-state index is 0.0444. The maximum atomic E-state index is 13.1. The lowest BCUT2D eigenvalue weighted by atomic mass is 10.1. The van der Waals surface area contributed by atoms with Crippen LogP contribution in [0.15, 0.2) is 41.3 Å². The highest BCUT2D eigenvalue weighted by Gasteiger charge is 2.27. The Balaban J connectivity index is 1.87. The van der Waals surface area contributed by atoms with Crippen LogP contribution in [0.25, 0.3) is 0 Å². The first-order valence-electron chi connectivity index (χ1n) is 10.7. The van der Waals surface area contributed by atoms with Crippen molar-refractivity contribution in [1.82, 2.24) is 4.72 Å². The fourth-order valence-corrected chi connectivity index (χ4v) is 4.91. The molecule has 0 aromatic heterocycles. The van der Waals surface area contributed by atoms with Crippen molar-refractivity contribution in [2.45, 2.75) is 44.6 Å². The quantitative estimate of drug-likeness (QED) is 0.579. The van der Waals surface area contributed by atoms with E-state index in [1.165, 1.54) is 19.2 Å². The summed E-state index contributed by atoms with van der Waals surface area (Å²) in [4.78, 5) is 13.8. The normalized spacial score (nSPS) is 15.0. The average Bonchev–Trinajstić information content (AvgIpc) is 3.20. The molecule has 2 aromatic carbocycles. The summed E-state index contributed by atoms with van der Waals surface area (Å²) in [6, 6.07) is 9.38. The topological polar surface area (TPSA) is 94.2 Å². The van der Waals surface area contributed by atoms with E-state index in [1.54, 1.807) is 30.0 Å². The molecule has 2 aromatic rings. The smallest absolute Gasteiger partial charge is 0.241 e. The summed E-state index contributed by atoms with van der Waals surface area (Å²) in [6.45, 7) is 7.03. The molecular formula is C23H30N2O6S. The van der Waals surface area contributed by atoms with Crippen LogP contribution in [0, 0.1) is 0 Å². The van der Waals surface area contributed by atoms with E-state index in [4.69, 9.17) is 14.2 Å². The third kappa shape index (κ3) is 5.16. The molecule has 0 aliphatic carbocycles. The molecule has 3 rings (SSSR count). The highest BCUT2D eigenvalue weighted by molar-refractivity contribution is 7.89. The molecule has 1 aliphatic heterocycles. The molecule has 0 bridgehead atoms. The van der Waals surface area contributed by atoms with Gasteiger partial charge in [-0.25, -0.2) is 13.1 Å². The van der Waals surface area contributed by atoms with E-state index in [1.807, 2.05) is 19.9 Å². The fraction of sp³-hybridized carbons (Fsp3) is 0.435. The molecule has 9 heteroatoms. The van der Waals surface area contributed by atoms with Crippen molar-refractivity contribution in [2.75, 3.05) is 31.8 Å². The number of hydrogen-bond acceptors (Lipinski definition) is 6. The molecule has 0 spiro atoms. The first-order chi connectivity index (χ1) is 15.3. The lowest BCUT2D eigenvalue weighted by Crippen LogP contribution is -2.28. The molecular weight excluding hydrogens is 432 g/mol. The fourth-order valence-electron chi connectivity index (χ4n) is 3.66. The molecule has 174 valence electrons. The number of ether oxygens (including phenoxy) is 3. The predicted octanol–water partition coefficient (Wildman–Crippen LogP) is 3.66. The Bertz CT molecular complexity index is 1070. The summed E-state index contributed by atoms with van der Waals surface area (Å²) in [5.41, 5.74) is 1.20. The number of nitrogens with one attached hydrogen (secondary N) is 1. The molecule has 0 radical (unpaired) electrons. The molecule has 32 heavy (non-hydrogen) atoms. The van der Waals surface area contributed by atoms with Gasteiger partial charge in [-0.3, -0.25) is 4.79 Å². The summed E-state index contributed by atoms with van der Waals surface area (Å²) >= 11 is 0. The highest BCUT2D eigenvalue weighted by atomic mass is 32.2. The van der Waals surface area contributed by atoms with Crippen LogP contribution in [0.3, 0.4) is 0 Å². The van der Waals surface area contributed by atoms with E-state index in [2.05, 4.69) is 4.72 Å². The SMILES string of the molecule is CCOc1ccc([C@H](C)NS(=O)(=O)c2ccc(OC)c(N3CCCC3=O)c2)cc1OCC. The molecule has 1 amide bonds. The van der Waals surface area contributed by atoms with Crippen LogP contribution in [-0.2, 0) is 14.8 Å². The molecule has 1 fully saturated rings. The van der Waals surface area contributed by atoms with Crippen molar-refractivity contribution >= 4 is 21.6 Å². The Kier molecular flexibility index (Phi) is 7.63. The number of sulfonamides is 1. The second-order valence-corrected chi connectivity index (χ2v) is 9.11. The van der Waals surface area contributed by atoms with Crippen LogP contribution >= 0.6 is 0 Å². The Labute approximate surface area is 189 Å². The molecule has 1 aliphatic rings. The first-order valence-corrected chi connectivity index (χ1v) is 12.2. The van der Waals surface area contributed by atoms with Gasteiger partial charge in [0.2, 0.25) is 15.9 Å². The zero-order valence-corrected chi connectivity index (χ0v) is 19.7. The van der Waals surface area contributed by atoms with Crippen molar-refractivity contribution in [3.05, 3.63) is 42.0 Å². The number of carbonyl (C=O) groups excluding carboxylic acids is 1. The molecule has 1 saturated heterocycles. The lowest BCUT2D eigenvalue weighted by Gasteiger charge is -2.21. The minimum atomic E-state index is -3.86. The Hall–Kier alpha value is -2.78. The number of anilines is 1. The summed E-state index contributed by atoms with van der Waals surface area (Å²) in [6.07, 6.45) is 1.17. The van der Waals surface area contributed by atoms with Gasteiger partial charge in [0.15, 0.2) is 11.5 Å². The number of methoxy groups -OCH3 is 1. The van der Waals surface area contributed by atoms with E-state index in [-0.39, 0.29) is 10.8 Å². The second-order valence-electron chi connectivity index (χ2n) is 7.40. The van der Waals surface area contributed by atoms with Crippen molar-refractivity contribution in [3.63, 3.8) is 0 Å². The van der Waals surface area contributed by atoms with Crippen LogP contribution in [0.5, 0.6) is 17.2 Å². The van der Waals surface area contributed by atoms with E-state index < -0.39 is 16.1 Å². The molecule has 8 nitrogen and oxygen atoms in total. The van der Waals surface area contributed by atoms with Gasteiger partial charge < -0.3 is 19.1 Å². The summed E-state index contributed by atoms with van der Waals surface area (Å²) < 4.78 is 45.6. The van der Waals surface area contributed by atoms with Gasteiger partial charge >= 0.3 is 0 Å². The van der Waals surface area contributed by atoms with Crippen LogP contribution < -0.4 is 23.8 Å². The van der Waals surface area contributed by atoms with Gasteiger partial charge in [0.05, 0.1) is 30.9 Å². The Morgan fingerprint density at radius 1 is 1.03 bits per heavy atom. The number of nitrogens with zero attached hydrogens (tertiary/aromatic N) is 1. The van der Waals surface area contributed by atoms with Crippen LogP contribution in [0.1, 0.15) is 45.2 Å². The van der Waals surface area contributed by atoms with Gasteiger partial charge in [-0.15, -0.1) is 0 Å². The molecule has 0 saturated carbocycles. The number of carbonyl (C=O) groups is 1. The van der Waals surface area contributed by atoms with Gasteiger partial charge in [-0.05, 0) is 63.1 Å². The molecule has 1 N–H and O–H groups in total. The zero-order valence-electron chi connectivity index (χ0n) is 18.9. The standard InChI is InChI=1S/C23H30N2O6S/c1-5-30-21-11-9-17(14-22(21)31-6-2)16(3)24-32(27,28)18-10-12-20(29-4)19(15-18)25-13-7-8-23(25)26/h9-12,14-16,24H,5-8,13H2,1-4H3/t16-/m0/s1. The van der Waals surface area contributed by atoms with E-state index in [0.29, 0.717) is 49.1 Å². The van der Waals surface area contributed by atoms with Gasteiger partial charge in [-0.1, -0.05) is 6.07 Å². The van der Waals surface area contributed by atoms with Crippen LogP contribution in [0.4, 0.5) is 5.69 Å². The van der Waals surface area contributed by atoms with Crippen molar-refractivity contribution < 1.29 is 27.4 Å². The minimum Gasteiger partial charge on any atom is -0.495 e. The molecule has 1 atom stereocenters. The molecule has 1 heterocycles. The van der Waals surface area contributed by atoms with E-state index >= 15 is 0 Å². The van der Waals surface area contributed by atoms with Gasteiger partial charge in [-0.2, -0.15) is 0 Å². The number of rotatable bonds is 10. The molecule has 0 unspecified atom stereocenters. The van der Waals surface area contributed by atoms with E-state index in [9.17, 15) is 13.2 Å². The van der Waals surface area contributed by atoms with Gasteiger partial charge in [0.1, 0.15) is 5.75 Å². The zero-order chi connectivity index (χ0) is 23.3. The van der Waals surface area contributed by atoms with Crippen molar-refractivity contribution in [3.8, 4) is 17.2 Å². The largest absolute Gasteiger partial charge is 0.495 e. The number of amides is 1. The van der Waals surface area contributed by atoms with Gasteiger partial charge in [0.25, 0.3) is 0 Å². The van der Waals surface area contributed by atoms with E-state index in [0.717, 1.165) is 12.0 Å². The highest BCUT2D eigenvalue weighted by Crippen LogP contribution is 2.35. The lowest BCUT2D eigenvalue weighted by molar-refractivity contribution is -0.117. The van der Waals surface area contributed by atoms with Crippen LogP contribution in [-0.4, -0.2) is 41.2 Å². The second kappa shape index (κ2) is 10.2. The van der Waals surface area contributed by atoms with Crippen LogP contribution in [0.2, 0.25) is 0 Å². The number of hydrogen-bond donors (Lipinski definition) is 1. The maximum absolute atomic E-state index is 13.1. The van der Waals surface area contributed by atoms with Crippen molar-refractivity contribution in [1.29, 1.82) is 0 Å². The summed E-state index contributed by atoms with van der Waals surface area (Å²) in [7, 11) is -2.37. The Morgan fingerprint density at radius 3 is 2.34 bits per heavy atom. The average molecular weight is 463 g/mol. The maximum Gasteiger partial charge on any atom is 0.241 e.